The van der Waals surface area contributed by atoms with E-state index >= 15 is 0 Å². The van der Waals surface area contributed by atoms with Crippen molar-refractivity contribution in [1.82, 2.24) is 0 Å². The highest BCUT2D eigenvalue weighted by atomic mass is 14.5. The van der Waals surface area contributed by atoms with Gasteiger partial charge < -0.3 is 0 Å². The lowest BCUT2D eigenvalue weighted by Gasteiger charge is -2.26. The lowest BCUT2D eigenvalue weighted by molar-refractivity contribution is 0.419. The highest BCUT2D eigenvalue weighted by molar-refractivity contribution is 5.89. The van der Waals surface area contributed by atoms with Crippen molar-refractivity contribution in [2.24, 2.45) is 11.8 Å². The average Bonchev–Trinajstić information content (AvgIpc) is 3.52. The fourth-order valence-corrected chi connectivity index (χ4v) is 7.19. The molecule has 4 aromatic carbocycles. The quantitative estimate of drug-likeness (QED) is 0.308. The molecule has 0 saturated heterocycles. The predicted octanol–water partition coefficient (Wildman–Crippen LogP) is 8.72. The summed E-state index contributed by atoms with van der Waals surface area (Å²) in [5.74, 6) is 2.73. The summed E-state index contributed by atoms with van der Waals surface area (Å²) in [6, 6.07) is 30.1. The number of benzene rings is 4. The Morgan fingerprint density at radius 1 is 0.656 bits per heavy atom. The van der Waals surface area contributed by atoms with E-state index in [9.17, 15) is 0 Å². The van der Waals surface area contributed by atoms with Crippen LogP contribution in [0.3, 0.4) is 0 Å². The lowest BCUT2D eigenvalue weighted by atomic mass is 9.78. The van der Waals surface area contributed by atoms with E-state index in [1.54, 1.807) is 5.56 Å². The van der Waals surface area contributed by atoms with Gasteiger partial charge in [-0.3, -0.25) is 0 Å². The Kier molecular flexibility index (Phi) is 3.84. The first-order valence-corrected chi connectivity index (χ1v) is 12.4. The number of hydrogen-bond acceptors (Lipinski definition) is 0. The molecule has 0 nitrogen and oxygen atoms in total. The second-order valence-electron chi connectivity index (χ2n) is 11.0. The van der Waals surface area contributed by atoms with E-state index in [0.29, 0.717) is 0 Å². The van der Waals surface area contributed by atoms with Gasteiger partial charge in [-0.25, -0.2) is 0 Å². The number of hydrogen-bond donors (Lipinski definition) is 0. The van der Waals surface area contributed by atoms with Crippen molar-refractivity contribution < 1.29 is 0 Å². The van der Waals surface area contributed by atoms with Crippen molar-refractivity contribution >= 4 is 10.8 Å². The summed E-state index contributed by atoms with van der Waals surface area (Å²) in [5.41, 5.74) is 10.2. The van der Waals surface area contributed by atoms with E-state index in [-0.39, 0.29) is 5.41 Å². The van der Waals surface area contributed by atoms with Gasteiger partial charge in [-0.2, -0.15) is 0 Å². The van der Waals surface area contributed by atoms with Crippen LogP contribution in [0.1, 0.15) is 62.1 Å². The van der Waals surface area contributed by atoms with Crippen molar-refractivity contribution in [2.45, 2.75) is 50.9 Å². The van der Waals surface area contributed by atoms with E-state index < -0.39 is 0 Å². The highest BCUT2D eigenvalue weighted by Crippen LogP contribution is 2.55. The first-order valence-electron chi connectivity index (χ1n) is 12.4. The van der Waals surface area contributed by atoms with Crippen LogP contribution in [0, 0.1) is 11.8 Å². The molecular formula is C32H30. The van der Waals surface area contributed by atoms with Crippen molar-refractivity contribution in [3.8, 4) is 22.3 Å². The fourth-order valence-electron chi connectivity index (χ4n) is 7.19. The van der Waals surface area contributed by atoms with Crippen molar-refractivity contribution in [3.63, 3.8) is 0 Å². The molecule has 4 aromatic rings. The topological polar surface area (TPSA) is 0 Å². The van der Waals surface area contributed by atoms with Crippen LogP contribution in [0.15, 0.2) is 78.9 Å². The second-order valence-corrected chi connectivity index (χ2v) is 11.0. The van der Waals surface area contributed by atoms with Gasteiger partial charge in [-0.1, -0.05) is 87.0 Å². The smallest absolute Gasteiger partial charge is 0.0159 e. The van der Waals surface area contributed by atoms with Gasteiger partial charge in [0.2, 0.25) is 0 Å². The highest BCUT2D eigenvalue weighted by Gasteiger charge is 2.41. The summed E-state index contributed by atoms with van der Waals surface area (Å²) in [6.45, 7) is 4.85. The first kappa shape index (κ1) is 18.7. The molecule has 0 N–H and O–H groups in total. The van der Waals surface area contributed by atoms with Crippen LogP contribution in [0.5, 0.6) is 0 Å². The molecule has 7 rings (SSSR count). The molecule has 32 heavy (non-hydrogen) atoms. The third-order valence-corrected chi connectivity index (χ3v) is 8.95. The maximum Gasteiger partial charge on any atom is 0.0159 e. The Balaban J connectivity index is 1.30. The van der Waals surface area contributed by atoms with E-state index in [0.717, 1.165) is 17.8 Å². The standard InChI is InChI=1S/C32H30/c1-32(2)30-18-24(23-10-9-21-5-3-4-6-22(21)17-23)11-13-27(30)28-14-12-26(19-31(28)32)29-16-20-7-8-25(29)15-20/h3-6,9-14,17-20,25,29H,7-8,15-16H2,1-2H3. The molecule has 0 aliphatic heterocycles. The summed E-state index contributed by atoms with van der Waals surface area (Å²) in [5, 5.41) is 2.61. The van der Waals surface area contributed by atoms with E-state index in [1.807, 2.05) is 0 Å². The zero-order chi connectivity index (χ0) is 21.4. The SMILES string of the molecule is CC1(C)c2cc(-c3ccc4ccccc4c3)ccc2-c2ccc(C3CC4CCC3C4)cc21. The molecule has 0 aromatic heterocycles. The lowest BCUT2D eigenvalue weighted by Crippen LogP contribution is -2.16. The molecule has 2 bridgehead atoms. The van der Waals surface area contributed by atoms with E-state index in [2.05, 4.69) is 92.7 Å². The normalized spacial score (nSPS) is 24.6. The van der Waals surface area contributed by atoms with Gasteiger partial charge in [0.15, 0.2) is 0 Å². The number of fused-ring (bicyclic) bond motifs is 6. The van der Waals surface area contributed by atoms with Gasteiger partial charge in [0.05, 0.1) is 0 Å². The van der Waals surface area contributed by atoms with E-state index in [4.69, 9.17) is 0 Å². The number of rotatable bonds is 2. The van der Waals surface area contributed by atoms with Crippen LogP contribution < -0.4 is 0 Å². The minimum atomic E-state index is 0.0468. The first-order chi connectivity index (χ1) is 15.6. The van der Waals surface area contributed by atoms with Crippen molar-refractivity contribution in [2.75, 3.05) is 0 Å². The summed E-state index contributed by atoms with van der Waals surface area (Å²) in [6.07, 6.45) is 5.81. The predicted molar refractivity (Wildman–Crippen MR) is 135 cm³/mol. The van der Waals surface area contributed by atoms with Crippen molar-refractivity contribution in [1.29, 1.82) is 0 Å². The summed E-state index contributed by atoms with van der Waals surface area (Å²) >= 11 is 0. The largest absolute Gasteiger partial charge is 0.0616 e. The van der Waals surface area contributed by atoms with Gasteiger partial charge >= 0.3 is 0 Å². The van der Waals surface area contributed by atoms with Crippen LogP contribution in [0.25, 0.3) is 33.0 Å². The van der Waals surface area contributed by atoms with Gasteiger partial charge in [0.25, 0.3) is 0 Å². The zero-order valence-corrected chi connectivity index (χ0v) is 19.1. The molecule has 3 atom stereocenters. The van der Waals surface area contributed by atoms with Crippen molar-refractivity contribution in [3.05, 3.63) is 95.6 Å². The van der Waals surface area contributed by atoms with Gasteiger partial charge in [0.1, 0.15) is 0 Å². The Morgan fingerprint density at radius 3 is 2.16 bits per heavy atom. The summed E-state index contributed by atoms with van der Waals surface area (Å²) < 4.78 is 0. The molecular weight excluding hydrogens is 384 g/mol. The molecule has 0 radical (unpaired) electrons. The van der Waals surface area contributed by atoms with E-state index in [1.165, 1.54) is 69.8 Å². The molecule has 3 aliphatic rings. The van der Waals surface area contributed by atoms with Crippen LogP contribution >= 0.6 is 0 Å². The minimum absolute atomic E-state index is 0.0468. The molecule has 2 fully saturated rings. The molecule has 3 unspecified atom stereocenters. The molecule has 158 valence electrons. The van der Waals surface area contributed by atoms with Gasteiger partial charge in [-0.05, 0) is 98.9 Å². The summed E-state index contributed by atoms with van der Waals surface area (Å²) in [7, 11) is 0. The Hall–Kier alpha value is -2.86. The molecule has 3 aliphatic carbocycles. The minimum Gasteiger partial charge on any atom is -0.0616 e. The molecule has 0 spiro atoms. The Morgan fingerprint density at radius 2 is 1.38 bits per heavy atom. The second kappa shape index (κ2) is 6.58. The molecule has 0 heteroatoms. The average molecular weight is 415 g/mol. The fraction of sp³-hybridized carbons (Fsp3) is 0.312. The van der Waals surface area contributed by atoms with Crippen LogP contribution in [0.4, 0.5) is 0 Å². The Bertz CT molecular complexity index is 1370. The monoisotopic (exact) mass is 414 g/mol. The molecule has 0 amide bonds. The third kappa shape index (κ3) is 2.62. The third-order valence-electron chi connectivity index (χ3n) is 8.95. The maximum absolute atomic E-state index is 2.58. The molecule has 2 saturated carbocycles. The summed E-state index contributed by atoms with van der Waals surface area (Å²) in [4.78, 5) is 0. The van der Waals surface area contributed by atoms with Gasteiger partial charge in [0, 0.05) is 5.41 Å². The van der Waals surface area contributed by atoms with Crippen LogP contribution in [-0.4, -0.2) is 0 Å². The van der Waals surface area contributed by atoms with Gasteiger partial charge in [-0.15, -0.1) is 0 Å². The Labute approximate surface area is 191 Å². The van der Waals surface area contributed by atoms with Crippen LogP contribution in [-0.2, 0) is 5.41 Å². The zero-order valence-electron chi connectivity index (χ0n) is 19.1. The molecule has 0 heterocycles. The maximum atomic E-state index is 2.58. The van der Waals surface area contributed by atoms with Crippen LogP contribution in [0.2, 0.25) is 0 Å².